The van der Waals surface area contributed by atoms with Gasteiger partial charge < -0.3 is 15.5 Å². The van der Waals surface area contributed by atoms with Crippen molar-refractivity contribution < 1.29 is 4.79 Å². The smallest absolute Gasteiger partial charge is 0.327 e. The predicted octanol–water partition coefficient (Wildman–Crippen LogP) is 3.57. The second kappa shape index (κ2) is 7.82. The van der Waals surface area contributed by atoms with Crippen LogP contribution in [0, 0.1) is 5.92 Å². The Balaban J connectivity index is 1.61. The SMILES string of the molecule is CC1CCCN(c2ccc3c(n2)N(C(=O)Nc2cccnc2)CCCN3)C1. The Bertz CT molecular complexity index is 796. The van der Waals surface area contributed by atoms with Crippen molar-refractivity contribution in [2.24, 2.45) is 5.92 Å². The number of urea groups is 1. The molecule has 1 unspecified atom stereocenters. The summed E-state index contributed by atoms with van der Waals surface area (Å²) in [6.07, 6.45) is 6.65. The molecule has 7 heteroatoms. The van der Waals surface area contributed by atoms with Crippen LogP contribution in [-0.2, 0) is 0 Å². The number of anilines is 4. The summed E-state index contributed by atoms with van der Waals surface area (Å²) in [6, 6.07) is 7.57. The second-order valence-corrected chi connectivity index (χ2v) is 7.34. The molecule has 27 heavy (non-hydrogen) atoms. The summed E-state index contributed by atoms with van der Waals surface area (Å²) in [7, 11) is 0. The van der Waals surface area contributed by atoms with Crippen molar-refractivity contribution in [3.05, 3.63) is 36.7 Å². The van der Waals surface area contributed by atoms with Crippen molar-refractivity contribution in [3.8, 4) is 0 Å². The number of pyridine rings is 2. The number of hydrogen-bond acceptors (Lipinski definition) is 5. The number of nitrogens with one attached hydrogen (secondary N) is 2. The average molecular weight is 366 g/mol. The summed E-state index contributed by atoms with van der Waals surface area (Å²) in [5.41, 5.74) is 1.59. The van der Waals surface area contributed by atoms with Crippen LogP contribution in [0.2, 0.25) is 0 Å². The van der Waals surface area contributed by atoms with Crippen LogP contribution in [0.3, 0.4) is 0 Å². The van der Waals surface area contributed by atoms with E-state index in [0.29, 0.717) is 24.0 Å². The van der Waals surface area contributed by atoms with Gasteiger partial charge in [-0.3, -0.25) is 9.88 Å². The number of hydrogen-bond donors (Lipinski definition) is 2. The van der Waals surface area contributed by atoms with Crippen molar-refractivity contribution >= 4 is 29.0 Å². The number of rotatable bonds is 2. The molecule has 1 fully saturated rings. The zero-order chi connectivity index (χ0) is 18.6. The average Bonchev–Trinajstić information content (AvgIpc) is 2.90. The molecular formula is C20H26N6O. The van der Waals surface area contributed by atoms with Gasteiger partial charge in [0, 0.05) is 32.4 Å². The van der Waals surface area contributed by atoms with Crippen molar-refractivity contribution in [2.75, 3.05) is 46.6 Å². The molecule has 0 saturated carbocycles. The van der Waals surface area contributed by atoms with Crippen molar-refractivity contribution in [3.63, 3.8) is 0 Å². The van der Waals surface area contributed by atoms with Crippen LogP contribution in [-0.4, -0.2) is 42.2 Å². The highest BCUT2D eigenvalue weighted by molar-refractivity contribution is 6.03. The number of fused-ring (bicyclic) bond motifs is 1. The van der Waals surface area contributed by atoms with E-state index >= 15 is 0 Å². The highest BCUT2D eigenvalue weighted by Gasteiger charge is 2.25. The maximum absolute atomic E-state index is 12.9. The molecule has 2 aliphatic heterocycles. The van der Waals surface area contributed by atoms with Crippen LogP contribution < -0.4 is 20.4 Å². The Labute approximate surface area is 159 Å². The topological polar surface area (TPSA) is 73.4 Å². The van der Waals surface area contributed by atoms with E-state index in [1.807, 2.05) is 12.1 Å². The van der Waals surface area contributed by atoms with Gasteiger partial charge in [-0.15, -0.1) is 0 Å². The van der Waals surface area contributed by atoms with E-state index in [0.717, 1.165) is 37.6 Å². The van der Waals surface area contributed by atoms with Crippen molar-refractivity contribution in [2.45, 2.75) is 26.2 Å². The molecule has 7 nitrogen and oxygen atoms in total. The molecule has 0 aliphatic carbocycles. The lowest BCUT2D eigenvalue weighted by Gasteiger charge is -2.32. The van der Waals surface area contributed by atoms with Gasteiger partial charge in [-0.25, -0.2) is 9.78 Å². The minimum atomic E-state index is -0.176. The summed E-state index contributed by atoms with van der Waals surface area (Å²) in [4.78, 5) is 25.9. The monoisotopic (exact) mass is 366 g/mol. The molecule has 1 atom stereocenters. The molecule has 2 aromatic rings. The molecule has 0 aromatic carbocycles. The van der Waals surface area contributed by atoms with Crippen LogP contribution in [0.25, 0.3) is 0 Å². The Kier molecular flexibility index (Phi) is 5.09. The number of carbonyl (C=O) groups excluding carboxylic acids is 1. The molecule has 4 heterocycles. The zero-order valence-corrected chi connectivity index (χ0v) is 15.7. The largest absolute Gasteiger partial charge is 0.382 e. The number of piperidine rings is 1. The van der Waals surface area contributed by atoms with Gasteiger partial charge in [0.25, 0.3) is 0 Å². The maximum atomic E-state index is 12.9. The Morgan fingerprint density at radius 2 is 2.19 bits per heavy atom. The Morgan fingerprint density at radius 1 is 1.26 bits per heavy atom. The molecule has 0 spiro atoms. The van der Waals surface area contributed by atoms with Crippen LogP contribution in [0.4, 0.5) is 27.8 Å². The van der Waals surface area contributed by atoms with Gasteiger partial charge in [0.15, 0.2) is 5.82 Å². The molecule has 4 rings (SSSR count). The quantitative estimate of drug-likeness (QED) is 0.850. The fourth-order valence-corrected chi connectivity index (χ4v) is 3.75. The third-order valence-corrected chi connectivity index (χ3v) is 5.13. The normalized spacial score (nSPS) is 19.7. The molecule has 0 bridgehead atoms. The van der Waals surface area contributed by atoms with E-state index in [-0.39, 0.29) is 6.03 Å². The van der Waals surface area contributed by atoms with E-state index in [1.165, 1.54) is 12.8 Å². The number of aromatic nitrogens is 2. The number of amides is 2. The first-order chi connectivity index (χ1) is 13.2. The van der Waals surface area contributed by atoms with Gasteiger partial charge >= 0.3 is 6.03 Å². The van der Waals surface area contributed by atoms with E-state index in [2.05, 4.69) is 33.5 Å². The van der Waals surface area contributed by atoms with E-state index < -0.39 is 0 Å². The first-order valence-electron chi connectivity index (χ1n) is 9.69. The van der Waals surface area contributed by atoms with Gasteiger partial charge in [0.1, 0.15) is 5.82 Å². The van der Waals surface area contributed by atoms with Gasteiger partial charge in [-0.1, -0.05) is 6.92 Å². The number of nitrogens with zero attached hydrogens (tertiary/aromatic N) is 4. The van der Waals surface area contributed by atoms with Gasteiger partial charge in [0.05, 0.1) is 17.6 Å². The minimum absolute atomic E-state index is 0.176. The lowest BCUT2D eigenvalue weighted by Crippen LogP contribution is -2.37. The zero-order valence-electron chi connectivity index (χ0n) is 15.7. The summed E-state index contributed by atoms with van der Waals surface area (Å²) in [6.45, 7) is 5.77. The van der Waals surface area contributed by atoms with E-state index in [4.69, 9.17) is 4.98 Å². The molecule has 1 saturated heterocycles. The molecule has 2 amide bonds. The van der Waals surface area contributed by atoms with Crippen molar-refractivity contribution in [1.82, 2.24) is 9.97 Å². The van der Waals surface area contributed by atoms with Crippen LogP contribution in [0.1, 0.15) is 26.2 Å². The van der Waals surface area contributed by atoms with E-state index in [1.54, 1.807) is 23.4 Å². The molecule has 2 N–H and O–H groups in total. The first kappa shape index (κ1) is 17.6. The standard InChI is InChI=1S/C20H26N6O/c1-15-5-3-11-25(14-15)18-8-7-17-19(24-18)26(12-4-10-22-17)20(27)23-16-6-2-9-21-13-16/h2,6-9,13,15,22H,3-5,10-12,14H2,1H3,(H,23,27). The van der Waals surface area contributed by atoms with Gasteiger partial charge in [-0.05, 0) is 49.4 Å². The lowest BCUT2D eigenvalue weighted by molar-refractivity contribution is 0.257. The van der Waals surface area contributed by atoms with E-state index in [9.17, 15) is 4.79 Å². The summed E-state index contributed by atoms with van der Waals surface area (Å²) < 4.78 is 0. The molecule has 2 aliphatic rings. The predicted molar refractivity (Wildman–Crippen MR) is 109 cm³/mol. The fraction of sp³-hybridized carbons (Fsp3) is 0.450. The van der Waals surface area contributed by atoms with Crippen LogP contribution in [0.5, 0.6) is 0 Å². The molecule has 142 valence electrons. The second-order valence-electron chi connectivity index (χ2n) is 7.34. The minimum Gasteiger partial charge on any atom is -0.382 e. The lowest BCUT2D eigenvalue weighted by atomic mass is 10.0. The molecule has 2 aromatic heterocycles. The molecule has 0 radical (unpaired) electrons. The maximum Gasteiger partial charge on any atom is 0.327 e. The summed E-state index contributed by atoms with van der Waals surface area (Å²) in [5.74, 6) is 2.32. The molecular weight excluding hydrogens is 340 g/mol. The van der Waals surface area contributed by atoms with Gasteiger partial charge in [0.2, 0.25) is 0 Å². The summed E-state index contributed by atoms with van der Waals surface area (Å²) in [5, 5.41) is 6.33. The van der Waals surface area contributed by atoms with Crippen LogP contribution >= 0.6 is 0 Å². The highest BCUT2D eigenvalue weighted by Crippen LogP contribution is 2.31. The van der Waals surface area contributed by atoms with Crippen molar-refractivity contribution in [1.29, 1.82) is 0 Å². The Hall–Kier alpha value is -2.83. The number of carbonyl (C=O) groups is 1. The third kappa shape index (κ3) is 3.97. The third-order valence-electron chi connectivity index (χ3n) is 5.13. The van der Waals surface area contributed by atoms with Crippen LogP contribution in [0.15, 0.2) is 36.7 Å². The fourth-order valence-electron chi connectivity index (χ4n) is 3.75. The van der Waals surface area contributed by atoms with Gasteiger partial charge in [-0.2, -0.15) is 0 Å². The first-order valence-corrected chi connectivity index (χ1v) is 9.69. The summed E-state index contributed by atoms with van der Waals surface area (Å²) >= 11 is 0. The Morgan fingerprint density at radius 3 is 3.00 bits per heavy atom. The highest BCUT2D eigenvalue weighted by atomic mass is 16.2.